The second-order valence-corrected chi connectivity index (χ2v) is 4.85. The first-order valence-electron chi connectivity index (χ1n) is 4.96. The monoisotopic (exact) mass is 228 g/mol. The molecular formula is C10H16N2O2S. The van der Waals surface area contributed by atoms with Crippen LogP contribution in [0.15, 0.2) is 11.4 Å². The van der Waals surface area contributed by atoms with Gasteiger partial charge in [0, 0.05) is 24.0 Å². The molecule has 0 amide bonds. The van der Waals surface area contributed by atoms with E-state index in [2.05, 4.69) is 26.1 Å². The molecule has 0 aliphatic heterocycles. The first-order chi connectivity index (χ1) is 7.00. The van der Waals surface area contributed by atoms with E-state index in [0.29, 0.717) is 18.5 Å². The van der Waals surface area contributed by atoms with Crippen molar-refractivity contribution in [2.45, 2.75) is 33.4 Å². The zero-order valence-corrected chi connectivity index (χ0v) is 10.0. The molecule has 0 fully saturated rings. The highest BCUT2D eigenvalue weighted by atomic mass is 32.1. The standard InChI is InChI=1S/C10H16N2O2S/c1-7(2)8(3)11-5-9-4-10(12(13)14)15-6-9/h4,6-8,11H,5H2,1-3H3. The van der Waals surface area contributed by atoms with E-state index in [0.717, 1.165) is 5.56 Å². The van der Waals surface area contributed by atoms with Gasteiger partial charge in [-0.15, -0.1) is 0 Å². The molecule has 5 heteroatoms. The fourth-order valence-electron chi connectivity index (χ4n) is 1.07. The Morgan fingerprint density at radius 1 is 1.53 bits per heavy atom. The van der Waals surface area contributed by atoms with Crippen LogP contribution in [0.2, 0.25) is 0 Å². The molecule has 0 spiro atoms. The van der Waals surface area contributed by atoms with E-state index < -0.39 is 0 Å². The summed E-state index contributed by atoms with van der Waals surface area (Å²) >= 11 is 1.18. The van der Waals surface area contributed by atoms with Gasteiger partial charge in [-0.3, -0.25) is 10.1 Å². The van der Waals surface area contributed by atoms with Gasteiger partial charge in [0.25, 0.3) is 0 Å². The molecule has 0 aromatic carbocycles. The van der Waals surface area contributed by atoms with Gasteiger partial charge in [-0.25, -0.2) is 0 Å². The largest absolute Gasteiger partial charge is 0.324 e. The number of hydrogen-bond donors (Lipinski definition) is 1. The number of thiophene rings is 1. The second kappa shape index (κ2) is 5.23. The molecule has 0 bridgehead atoms. The van der Waals surface area contributed by atoms with E-state index in [9.17, 15) is 10.1 Å². The van der Waals surface area contributed by atoms with Crippen LogP contribution in [0.3, 0.4) is 0 Å². The molecule has 0 aliphatic rings. The predicted octanol–water partition coefficient (Wildman–Crippen LogP) is 2.79. The van der Waals surface area contributed by atoms with Gasteiger partial charge in [-0.2, -0.15) is 0 Å². The first kappa shape index (κ1) is 12.1. The van der Waals surface area contributed by atoms with Crippen LogP contribution in [-0.2, 0) is 6.54 Å². The van der Waals surface area contributed by atoms with Crippen molar-refractivity contribution in [1.82, 2.24) is 5.32 Å². The number of nitrogens with zero attached hydrogens (tertiary/aromatic N) is 1. The van der Waals surface area contributed by atoms with Crippen molar-refractivity contribution in [1.29, 1.82) is 0 Å². The van der Waals surface area contributed by atoms with Crippen molar-refractivity contribution >= 4 is 16.3 Å². The molecule has 1 aromatic heterocycles. The average Bonchev–Trinajstić information content (AvgIpc) is 2.62. The van der Waals surface area contributed by atoms with Gasteiger partial charge in [0.15, 0.2) is 0 Å². The third-order valence-corrected chi connectivity index (χ3v) is 3.38. The summed E-state index contributed by atoms with van der Waals surface area (Å²) in [5, 5.41) is 15.8. The lowest BCUT2D eigenvalue weighted by Gasteiger charge is -2.16. The summed E-state index contributed by atoms with van der Waals surface area (Å²) in [4.78, 5) is 10.1. The minimum absolute atomic E-state index is 0.212. The molecule has 1 N–H and O–H groups in total. The molecule has 1 unspecified atom stereocenters. The van der Waals surface area contributed by atoms with Gasteiger partial charge < -0.3 is 5.32 Å². The Labute approximate surface area is 93.5 Å². The lowest BCUT2D eigenvalue weighted by Crippen LogP contribution is -2.29. The highest BCUT2D eigenvalue weighted by Crippen LogP contribution is 2.22. The zero-order chi connectivity index (χ0) is 11.4. The summed E-state index contributed by atoms with van der Waals surface area (Å²) in [7, 11) is 0. The zero-order valence-electron chi connectivity index (χ0n) is 9.19. The smallest absolute Gasteiger partial charge is 0.310 e. The lowest BCUT2D eigenvalue weighted by atomic mass is 10.1. The molecule has 0 saturated carbocycles. The van der Waals surface area contributed by atoms with E-state index >= 15 is 0 Å². The fraction of sp³-hybridized carbons (Fsp3) is 0.600. The van der Waals surface area contributed by atoms with Crippen molar-refractivity contribution in [2.24, 2.45) is 5.92 Å². The molecular weight excluding hydrogens is 212 g/mol. The molecule has 15 heavy (non-hydrogen) atoms. The SMILES string of the molecule is CC(C)C(C)NCc1csc([N+](=O)[O-])c1. The maximum absolute atomic E-state index is 10.5. The summed E-state index contributed by atoms with van der Waals surface area (Å²) < 4.78 is 0. The predicted molar refractivity (Wildman–Crippen MR) is 62.1 cm³/mol. The third kappa shape index (κ3) is 3.60. The van der Waals surface area contributed by atoms with Crippen LogP contribution in [0.25, 0.3) is 0 Å². The maximum Gasteiger partial charge on any atom is 0.324 e. The van der Waals surface area contributed by atoms with E-state index in [4.69, 9.17) is 0 Å². The molecule has 1 aromatic rings. The van der Waals surface area contributed by atoms with E-state index in [1.54, 1.807) is 6.07 Å². The van der Waals surface area contributed by atoms with Crippen LogP contribution in [-0.4, -0.2) is 11.0 Å². The van der Waals surface area contributed by atoms with Crippen molar-refractivity contribution in [3.63, 3.8) is 0 Å². The van der Waals surface area contributed by atoms with Crippen LogP contribution in [0, 0.1) is 16.0 Å². The Hall–Kier alpha value is -0.940. The van der Waals surface area contributed by atoms with Gasteiger partial charge >= 0.3 is 5.00 Å². The molecule has 84 valence electrons. The van der Waals surface area contributed by atoms with Crippen molar-refractivity contribution < 1.29 is 4.92 Å². The number of rotatable bonds is 5. The molecule has 1 rings (SSSR count). The summed E-state index contributed by atoms with van der Waals surface area (Å²) in [5.74, 6) is 0.568. The van der Waals surface area contributed by atoms with Gasteiger partial charge in [0.2, 0.25) is 0 Å². The molecule has 1 heterocycles. The minimum Gasteiger partial charge on any atom is -0.310 e. The summed E-state index contributed by atoms with van der Waals surface area (Å²) in [6.45, 7) is 7.11. The van der Waals surface area contributed by atoms with Crippen molar-refractivity contribution in [2.75, 3.05) is 0 Å². The van der Waals surface area contributed by atoms with E-state index in [-0.39, 0.29) is 9.92 Å². The highest BCUT2D eigenvalue weighted by Gasteiger charge is 2.11. The summed E-state index contributed by atoms with van der Waals surface area (Å²) in [5.41, 5.74) is 0.985. The maximum atomic E-state index is 10.5. The molecule has 0 saturated heterocycles. The van der Waals surface area contributed by atoms with Gasteiger partial charge in [0.1, 0.15) is 0 Å². The number of nitro groups is 1. The van der Waals surface area contributed by atoms with Gasteiger partial charge in [0.05, 0.1) is 4.92 Å². The normalized spacial score (nSPS) is 13.1. The van der Waals surface area contributed by atoms with Crippen LogP contribution in [0.1, 0.15) is 26.3 Å². The van der Waals surface area contributed by atoms with E-state index in [1.807, 2.05) is 5.38 Å². The third-order valence-electron chi connectivity index (χ3n) is 2.45. The quantitative estimate of drug-likeness (QED) is 0.622. The van der Waals surface area contributed by atoms with Crippen molar-refractivity contribution in [3.8, 4) is 0 Å². The van der Waals surface area contributed by atoms with Gasteiger partial charge in [-0.1, -0.05) is 25.2 Å². The Morgan fingerprint density at radius 2 is 2.20 bits per heavy atom. The molecule has 1 atom stereocenters. The minimum atomic E-state index is -0.347. The number of hydrogen-bond acceptors (Lipinski definition) is 4. The lowest BCUT2D eigenvalue weighted by molar-refractivity contribution is -0.380. The van der Waals surface area contributed by atoms with Crippen LogP contribution >= 0.6 is 11.3 Å². The first-order valence-corrected chi connectivity index (χ1v) is 5.84. The Kier molecular flexibility index (Phi) is 4.23. The topological polar surface area (TPSA) is 55.2 Å². The molecule has 0 aliphatic carbocycles. The Morgan fingerprint density at radius 3 is 2.67 bits per heavy atom. The fourth-order valence-corrected chi connectivity index (χ4v) is 1.79. The Balaban J connectivity index is 2.48. The molecule has 4 nitrogen and oxygen atoms in total. The summed E-state index contributed by atoms with van der Waals surface area (Å²) in [6, 6.07) is 2.05. The van der Waals surface area contributed by atoms with Crippen molar-refractivity contribution in [3.05, 3.63) is 27.1 Å². The van der Waals surface area contributed by atoms with Crippen LogP contribution in [0.4, 0.5) is 5.00 Å². The summed E-state index contributed by atoms with van der Waals surface area (Å²) in [6.07, 6.45) is 0. The van der Waals surface area contributed by atoms with Crippen LogP contribution in [0.5, 0.6) is 0 Å². The average molecular weight is 228 g/mol. The molecule has 0 radical (unpaired) electrons. The van der Waals surface area contributed by atoms with Gasteiger partial charge in [-0.05, 0) is 18.4 Å². The Bertz CT molecular complexity index is 336. The highest BCUT2D eigenvalue weighted by molar-refractivity contribution is 7.13. The number of nitrogens with one attached hydrogen (secondary N) is 1. The second-order valence-electron chi connectivity index (χ2n) is 3.96. The van der Waals surface area contributed by atoms with E-state index in [1.165, 1.54) is 11.3 Å². The van der Waals surface area contributed by atoms with Crippen LogP contribution < -0.4 is 5.32 Å².